The summed E-state index contributed by atoms with van der Waals surface area (Å²) in [5.74, 6) is 0.149. The monoisotopic (exact) mass is 321 g/mol. The van der Waals surface area contributed by atoms with Crippen LogP contribution in [-0.2, 0) is 11.3 Å². The van der Waals surface area contributed by atoms with Crippen molar-refractivity contribution in [3.63, 3.8) is 0 Å². The molecule has 3 aromatic heterocycles. The van der Waals surface area contributed by atoms with E-state index in [-0.39, 0.29) is 18.0 Å². The molecule has 6 nitrogen and oxygen atoms in total. The second-order valence-corrected chi connectivity index (χ2v) is 6.13. The van der Waals surface area contributed by atoms with Gasteiger partial charge >= 0.3 is 0 Å². The van der Waals surface area contributed by atoms with E-state index >= 15 is 0 Å². The lowest BCUT2D eigenvalue weighted by Gasteiger charge is -2.25. The topological polar surface area (TPSA) is 62.5 Å². The summed E-state index contributed by atoms with van der Waals surface area (Å²) in [4.78, 5) is 22.8. The summed E-state index contributed by atoms with van der Waals surface area (Å²) in [5, 5.41) is 3.50. The average Bonchev–Trinajstić information content (AvgIpc) is 3.15. The van der Waals surface area contributed by atoms with E-state index in [4.69, 9.17) is 0 Å². The highest BCUT2D eigenvalue weighted by atomic mass is 16.2. The van der Waals surface area contributed by atoms with Gasteiger partial charge in [-0.15, -0.1) is 0 Å². The van der Waals surface area contributed by atoms with Crippen LogP contribution in [-0.4, -0.2) is 38.3 Å². The third-order valence-electron chi connectivity index (χ3n) is 4.57. The third-order valence-corrected chi connectivity index (χ3v) is 4.57. The summed E-state index contributed by atoms with van der Waals surface area (Å²) in [6.07, 6.45) is 8.07. The normalized spacial score (nSPS) is 20.9. The Morgan fingerprint density at radius 1 is 1.29 bits per heavy atom. The van der Waals surface area contributed by atoms with Gasteiger partial charge in [0.2, 0.25) is 5.91 Å². The molecule has 24 heavy (non-hydrogen) atoms. The molecule has 0 unspecified atom stereocenters. The highest BCUT2D eigenvalue weighted by Gasteiger charge is 2.38. The molecule has 122 valence electrons. The SMILES string of the molecule is CN1C(=O)C[C@@H](NCc2cn3ccccc3n2)[C@@H]1c1cccnc1. The molecule has 0 radical (unpaired) electrons. The molecule has 2 atom stereocenters. The van der Waals surface area contributed by atoms with Crippen molar-refractivity contribution < 1.29 is 4.79 Å². The fourth-order valence-corrected chi connectivity index (χ4v) is 3.37. The summed E-state index contributed by atoms with van der Waals surface area (Å²) in [5.41, 5.74) is 2.95. The first kappa shape index (κ1) is 14.8. The molecule has 0 aliphatic carbocycles. The van der Waals surface area contributed by atoms with Crippen molar-refractivity contribution in [1.82, 2.24) is 24.6 Å². The minimum absolute atomic E-state index is 0.00299. The highest BCUT2D eigenvalue weighted by Crippen LogP contribution is 2.31. The van der Waals surface area contributed by atoms with Crippen LogP contribution in [0.1, 0.15) is 23.7 Å². The van der Waals surface area contributed by atoms with Crippen LogP contribution in [0.15, 0.2) is 55.1 Å². The number of pyridine rings is 2. The van der Waals surface area contributed by atoms with Crippen molar-refractivity contribution in [2.24, 2.45) is 0 Å². The number of carbonyl (C=O) groups is 1. The molecule has 1 amide bonds. The van der Waals surface area contributed by atoms with Crippen LogP contribution in [0.25, 0.3) is 5.65 Å². The number of carbonyl (C=O) groups excluding carboxylic acids is 1. The van der Waals surface area contributed by atoms with E-state index in [0.717, 1.165) is 16.9 Å². The number of nitrogens with one attached hydrogen (secondary N) is 1. The smallest absolute Gasteiger partial charge is 0.224 e. The third kappa shape index (κ3) is 2.65. The maximum atomic E-state index is 12.2. The van der Waals surface area contributed by atoms with E-state index < -0.39 is 0 Å². The molecule has 1 aliphatic heterocycles. The van der Waals surface area contributed by atoms with Crippen LogP contribution in [0.2, 0.25) is 0 Å². The Kier molecular flexibility index (Phi) is 3.74. The van der Waals surface area contributed by atoms with Crippen molar-refractivity contribution in [2.75, 3.05) is 7.05 Å². The van der Waals surface area contributed by atoms with Crippen molar-refractivity contribution in [2.45, 2.75) is 25.0 Å². The van der Waals surface area contributed by atoms with Gasteiger partial charge in [-0.05, 0) is 23.8 Å². The zero-order valence-corrected chi connectivity index (χ0v) is 13.5. The molecule has 0 spiro atoms. The van der Waals surface area contributed by atoms with Gasteiger partial charge < -0.3 is 14.6 Å². The molecule has 1 aliphatic rings. The maximum absolute atomic E-state index is 12.2. The first-order valence-corrected chi connectivity index (χ1v) is 8.04. The van der Waals surface area contributed by atoms with Gasteiger partial charge in [-0.3, -0.25) is 9.78 Å². The summed E-state index contributed by atoms with van der Waals surface area (Å²) >= 11 is 0. The zero-order valence-electron chi connectivity index (χ0n) is 13.5. The van der Waals surface area contributed by atoms with E-state index in [0.29, 0.717) is 13.0 Å². The Morgan fingerprint density at radius 3 is 3.00 bits per heavy atom. The molecule has 0 bridgehead atoms. The fraction of sp³-hybridized carbons (Fsp3) is 0.278. The lowest BCUT2D eigenvalue weighted by molar-refractivity contribution is -0.127. The van der Waals surface area contributed by atoms with Gasteiger partial charge in [-0.2, -0.15) is 0 Å². The van der Waals surface area contributed by atoms with Crippen molar-refractivity contribution >= 4 is 11.6 Å². The molecule has 4 rings (SSSR count). The number of fused-ring (bicyclic) bond motifs is 1. The number of rotatable bonds is 4. The van der Waals surface area contributed by atoms with Gasteiger partial charge in [0.1, 0.15) is 5.65 Å². The number of amides is 1. The first-order valence-electron chi connectivity index (χ1n) is 8.04. The Hall–Kier alpha value is -2.73. The number of nitrogens with zero attached hydrogens (tertiary/aromatic N) is 4. The van der Waals surface area contributed by atoms with E-state index in [2.05, 4.69) is 15.3 Å². The molecule has 1 N–H and O–H groups in total. The van der Waals surface area contributed by atoms with Gasteiger partial charge in [0.25, 0.3) is 0 Å². The van der Waals surface area contributed by atoms with Crippen LogP contribution in [0.5, 0.6) is 0 Å². The van der Waals surface area contributed by atoms with Crippen LogP contribution >= 0.6 is 0 Å². The Morgan fingerprint density at radius 2 is 2.21 bits per heavy atom. The van der Waals surface area contributed by atoms with Crippen molar-refractivity contribution in [3.8, 4) is 0 Å². The van der Waals surface area contributed by atoms with Gasteiger partial charge in [0.15, 0.2) is 0 Å². The minimum Gasteiger partial charge on any atom is -0.337 e. The highest BCUT2D eigenvalue weighted by molar-refractivity contribution is 5.80. The van der Waals surface area contributed by atoms with Crippen LogP contribution in [0.3, 0.4) is 0 Å². The predicted molar refractivity (Wildman–Crippen MR) is 90.2 cm³/mol. The lowest BCUT2D eigenvalue weighted by atomic mass is 10.0. The van der Waals surface area contributed by atoms with E-state index in [1.807, 2.05) is 60.4 Å². The Bertz CT molecular complexity index is 827. The minimum atomic E-state index is 0.00299. The Balaban J connectivity index is 1.53. The molecule has 0 aromatic carbocycles. The Labute approximate surface area is 140 Å². The molecular formula is C18H19N5O. The lowest BCUT2D eigenvalue weighted by Crippen LogP contribution is -2.34. The van der Waals surface area contributed by atoms with Gasteiger partial charge in [-0.1, -0.05) is 12.1 Å². The number of likely N-dealkylation sites (tertiary alicyclic amines) is 1. The second-order valence-electron chi connectivity index (χ2n) is 6.13. The summed E-state index contributed by atoms with van der Waals surface area (Å²) < 4.78 is 2.00. The van der Waals surface area contributed by atoms with E-state index in [1.165, 1.54) is 0 Å². The van der Waals surface area contributed by atoms with Crippen molar-refractivity contribution in [1.29, 1.82) is 0 Å². The zero-order chi connectivity index (χ0) is 16.5. The number of hydrogen-bond donors (Lipinski definition) is 1. The van der Waals surface area contributed by atoms with Gasteiger partial charge in [0.05, 0.1) is 11.7 Å². The fourth-order valence-electron chi connectivity index (χ4n) is 3.37. The summed E-state index contributed by atoms with van der Waals surface area (Å²) in [6.45, 7) is 0.629. The van der Waals surface area contributed by atoms with Gasteiger partial charge in [0, 0.05) is 50.8 Å². The standard InChI is InChI=1S/C18H19N5O/c1-22-17(24)9-15(18(22)13-5-4-7-19-10-13)20-11-14-12-23-8-3-2-6-16(23)21-14/h2-8,10,12,15,18,20H,9,11H2,1H3/t15-,18+/m1/s1. The quantitative estimate of drug-likeness (QED) is 0.796. The van der Waals surface area contributed by atoms with Crippen LogP contribution in [0, 0.1) is 0 Å². The number of aromatic nitrogens is 3. The van der Waals surface area contributed by atoms with Crippen molar-refractivity contribution in [3.05, 3.63) is 66.4 Å². The molecule has 0 saturated carbocycles. The molecule has 1 fully saturated rings. The number of likely N-dealkylation sites (N-methyl/N-ethyl adjacent to an activating group) is 1. The molecular weight excluding hydrogens is 302 g/mol. The van der Waals surface area contributed by atoms with Gasteiger partial charge in [-0.25, -0.2) is 4.98 Å². The first-order chi connectivity index (χ1) is 11.7. The predicted octanol–water partition coefficient (Wildman–Crippen LogP) is 1.79. The molecule has 4 heterocycles. The largest absolute Gasteiger partial charge is 0.337 e. The summed E-state index contributed by atoms with van der Waals surface area (Å²) in [7, 11) is 1.85. The summed E-state index contributed by atoms with van der Waals surface area (Å²) in [6, 6.07) is 9.92. The maximum Gasteiger partial charge on any atom is 0.224 e. The molecule has 3 aromatic rings. The molecule has 1 saturated heterocycles. The average molecular weight is 321 g/mol. The van der Waals surface area contributed by atoms with Crippen LogP contribution < -0.4 is 5.32 Å². The second kappa shape index (κ2) is 6.05. The number of hydrogen-bond acceptors (Lipinski definition) is 4. The van der Waals surface area contributed by atoms with E-state index in [1.54, 1.807) is 11.1 Å². The van der Waals surface area contributed by atoms with Crippen LogP contribution in [0.4, 0.5) is 0 Å². The number of imidazole rings is 1. The molecule has 6 heteroatoms. The van der Waals surface area contributed by atoms with E-state index in [9.17, 15) is 4.79 Å².